The Kier molecular flexibility index (Phi) is 71.3. The van der Waals surface area contributed by atoms with Crippen LogP contribution in [0.5, 0.6) is 0 Å². The number of aromatic nitrogens is 1. The average Bonchev–Trinajstić information content (AvgIpc) is 4.12. The molecule has 4 heteroatoms. The smallest absolute Gasteiger partial charge is 0.0720 e. The number of rotatable bonds is 15. The zero-order chi connectivity index (χ0) is 63.2. The Morgan fingerprint density at radius 1 is 0.700 bits per heavy atom. The van der Waals surface area contributed by atoms with Gasteiger partial charge in [0.05, 0.1) is 6.04 Å². The number of nitrogens with two attached hydrogens (primary N) is 2. The first-order chi connectivity index (χ1) is 39.2. The van der Waals surface area contributed by atoms with Gasteiger partial charge in [0.1, 0.15) is 0 Å². The van der Waals surface area contributed by atoms with Gasteiger partial charge in [0.2, 0.25) is 0 Å². The molecule has 0 saturated carbocycles. The quantitative estimate of drug-likeness (QED) is 0.0906. The van der Waals surface area contributed by atoms with Crippen molar-refractivity contribution in [1.29, 1.82) is 0 Å². The number of benzene rings is 2. The van der Waals surface area contributed by atoms with Crippen molar-refractivity contribution in [3.63, 3.8) is 0 Å². The SMILES string of the molecule is C/C=C\CCC/C=C\C=C/N.C=C.C=C.C=C.C=C/C=C\CCCC=C.C=CC1=C(C)C(/C=c2/c3c(n(-c4ccccc4)/c2=C/C)C=CC3)N1Cc1ccc2c(c1)C(C)(C)C/C=C\CC2.CC.CC.CC.CC.CC.CC.CCN. The molecule has 2 heterocycles. The summed E-state index contributed by atoms with van der Waals surface area (Å²) in [6.07, 6.45) is 47.1. The summed E-state index contributed by atoms with van der Waals surface area (Å²) < 4.78 is 2.42. The number of nitrogens with zero attached hydrogens (tertiary/aromatic N) is 2. The van der Waals surface area contributed by atoms with Gasteiger partial charge < -0.3 is 20.9 Å². The minimum atomic E-state index is 0.148. The van der Waals surface area contributed by atoms with Gasteiger partial charge in [-0.15, -0.1) is 46.1 Å². The number of hydrogen-bond donors (Lipinski definition) is 2. The van der Waals surface area contributed by atoms with Crippen molar-refractivity contribution in [1.82, 2.24) is 9.47 Å². The Hall–Kier alpha value is -6.36. The molecule has 0 amide bonds. The van der Waals surface area contributed by atoms with Crippen LogP contribution in [-0.4, -0.2) is 22.1 Å². The Morgan fingerprint density at radius 3 is 1.76 bits per heavy atom. The number of para-hydroxylation sites is 1. The fourth-order valence-electron chi connectivity index (χ4n) is 8.15. The van der Waals surface area contributed by atoms with Crippen LogP contribution >= 0.6 is 0 Å². The van der Waals surface area contributed by atoms with E-state index in [4.69, 9.17) is 11.5 Å². The van der Waals surface area contributed by atoms with Crippen molar-refractivity contribution in [2.24, 2.45) is 11.5 Å². The highest BCUT2D eigenvalue weighted by molar-refractivity contribution is 5.64. The Bertz CT molecular complexity index is 2240. The molecule has 1 aromatic heterocycles. The number of aryl methyl sites for hydroxylation is 1. The monoisotopic (exact) mass is 1090 g/mol. The fourth-order valence-corrected chi connectivity index (χ4v) is 8.15. The minimum Gasteiger partial charge on any atom is -0.405 e. The van der Waals surface area contributed by atoms with Crippen LogP contribution in [0.4, 0.5) is 0 Å². The lowest BCUT2D eigenvalue weighted by Crippen LogP contribution is -2.45. The third-order valence-corrected chi connectivity index (χ3v) is 11.3. The van der Waals surface area contributed by atoms with E-state index in [1.807, 2.05) is 127 Å². The van der Waals surface area contributed by atoms with Crippen LogP contribution in [0.15, 0.2) is 204 Å². The summed E-state index contributed by atoms with van der Waals surface area (Å²) in [4.78, 5) is 2.54. The molecular weight excluding hydrogens is 969 g/mol. The lowest BCUT2D eigenvalue weighted by molar-refractivity contribution is 0.275. The summed E-state index contributed by atoms with van der Waals surface area (Å²) in [5, 5.41) is 2.65. The van der Waals surface area contributed by atoms with E-state index < -0.39 is 0 Å². The summed E-state index contributed by atoms with van der Waals surface area (Å²) in [5.41, 5.74) is 21.2. The number of fused-ring (bicyclic) bond motifs is 2. The number of unbranched alkanes of at least 4 members (excludes halogenated alkanes) is 4. The molecule has 0 spiro atoms. The second-order valence-electron chi connectivity index (χ2n) is 16.4. The first-order valence-corrected chi connectivity index (χ1v) is 30.4. The zero-order valence-electron chi connectivity index (χ0n) is 55.4. The summed E-state index contributed by atoms with van der Waals surface area (Å²) in [6.45, 7) is 68.2. The molecule has 3 aliphatic rings. The van der Waals surface area contributed by atoms with Crippen LogP contribution in [-0.2, 0) is 24.8 Å². The average molecular weight is 1100 g/mol. The summed E-state index contributed by atoms with van der Waals surface area (Å²) >= 11 is 0. The molecule has 80 heavy (non-hydrogen) atoms. The normalized spacial score (nSPS) is 14.0. The standard InChI is InChI=1S/C37H40N2.C10H17N.C9H14.C2H7N.6C2H6.3C2H4/c1-6-33-26(3)36(38(33)25-27-20-21-28-15-10-9-13-22-37(4,5)32(28)23-27)24-31-30-18-14-19-35(30)39(34(31)7-2)29-16-11-8-12-17-29;1-2-3-4-5-6-7-8-9-10-11;1-3-5-7-9-8-6-4-2;1-2-3;9*1-2/h6-9,11-14,16-17,19-21,23-24,36H,1,10,15,18,22,25H2,2-5H3;2-3,7-10H,4-6,11H2,1H3;3-5,7H,1-2,6,8-9H2;2-3H2,1H3;6*1-2H3;3*1-2H2/b13-9-,31-24-,34-7+;3-2-,8-7-,10-9-;7-5-;;;;;;;;;;. The Morgan fingerprint density at radius 2 is 1.25 bits per heavy atom. The molecule has 1 aliphatic heterocycles. The molecule has 1 atom stereocenters. The van der Waals surface area contributed by atoms with E-state index in [2.05, 4.69) is 206 Å². The Labute approximate surface area is 498 Å². The third-order valence-electron chi connectivity index (χ3n) is 11.3. The van der Waals surface area contributed by atoms with Crippen molar-refractivity contribution < 1.29 is 0 Å². The maximum atomic E-state index is 5.15. The molecule has 4 N–H and O–H groups in total. The predicted octanol–water partition coefficient (Wildman–Crippen LogP) is 21.5. The molecule has 0 radical (unpaired) electrons. The van der Waals surface area contributed by atoms with E-state index >= 15 is 0 Å². The number of hydrogen-bond acceptors (Lipinski definition) is 3. The second-order valence-corrected chi connectivity index (χ2v) is 16.4. The molecule has 3 aromatic rings. The highest BCUT2D eigenvalue weighted by Gasteiger charge is 2.33. The zero-order valence-corrected chi connectivity index (χ0v) is 55.4. The third kappa shape index (κ3) is 34.6. The van der Waals surface area contributed by atoms with Gasteiger partial charge in [-0.2, -0.15) is 0 Å². The second kappa shape index (κ2) is 65.2. The van der Waals surface area contributed by atoms with Gasteiger partial charge in [0, 0.05) is 34.2 Å². The van der Waals surface area contributed by atoms with E-state index in [0.717, 1.165) is 58.0 Å². The van der Waals surface area contributed by atoms with E-state index in [9.17, 15) is 0 Å². The molecule has 2 aliphatic carbocycles. The van der Waals surface area contributed by atoms with E-state index in [1.54, 1.807) is 12.3 Å². The lowest BCUT2D eigenvalue weighted by Gasteiger charge is -2.44. The van der Waals surface area contributed by atoms with Gasteiger partial charge in [-0.1, -0.05) is 226 Å². The molecule has 1 unspecified atom stereocenters. The summed E-state index contributed by atoms with van der Waals surface area (Å²) in [6, 6.07) is 18.2. The van der Waals surface area contributed by atoms with Crippen LogP contribution < -0.4 is 22.0 Å². The maximum Gasteiger partial charge on any atom is 0.0720 e. The van der Waals surface area contributed by atoms with Gasteiger partial charge in [-0.05, 0) is 167 Å². The van der Waals surface area contributed by atoms with Crippen LogP contribution in [0.1, 0.15) is 204 Å². The van der Waals surface area contributed by atoms with Crippen molar-refractivity contribution in [3.8, 4) is 5.69 Å². The van der Waals surface area contributed by atoms with Crippen molar-refractivity contribution in [2.45, 2.75) is 207 Å². The fraction of sp³-hybridized carbons (Fsp3) is 0.421. The van der Waals surface area contributed by atoms with Crippen LogP contribution in [0.3, 0.4) is 0 Å². The highest BCUT2D eigenvalue weighted by Crippen LogP contribution is 2.37. The molecule has 2 aromatic carbocycles. The summed E-state index contributed by atoms with van der Waals surface area (Å²) in [7, 11) is 0. The molecule has 0 fully saturated rings. The largest absolute Gasteiger partial charge is 0.405 e. The molecule has 0 bridgehead atoms. The van der Waals surface area contributed by atoms with Crippen molar-refractivity contribution in [2.75, 3.05) is 6.54 Å². The molecule has 450 valence electrons. The molecular formula is C76H126N4. The predicted molar refractivity (Wildman–Crippen MR) is 377 cm³/mol. The summed E-state index contributed by atoms with van der Waals surface area (Å²) in [5.74, 6) is 0. The van der Waals surface area contributed by atoms with Gasteiger partial charge in [-0.3, -0.25) is 0 Å². The topological polar surface area (TPSA) is 60.2 Å². The van der Waals surface area contributed by atoms with Gasteiger partial charge >= 0.3 is 0 Å². The first kappa shape index (κ1) is 87.5. The molecule has 6 rings (SSSR count). The lowest BCUT2D eigenvalue weighted by atomic mass is 9.76. The van der Waals surface area contributed by atoms with E-state index in [0.29, 0.717) is 0 Å². The highest BCUT2D eigenvalue weighted by atomic mass is 15.2. The van der Waals surface area contributed by atoms with Crippen LogP contribution in [0.25, 0.3) is 23.9 Å². The van der Waals surface area contributed by atoms with Crippen LogP contribution in [0, 0.1) is 0 Å². The Balaban J connectivity index is -0.000000215. The van der Waals surface area contributed by atoms with Gasteiger partial charge in [-0.25, -0.2) is 0 Å². The maximum absolute atomic E-state index is 5.15. The minimum absolute atomic E-state index is 0.148. The van der Waals surface area contributed by atoms with E-state index in [-0.39, 0.29) is 11.5 Å². The van der Waals surface area contributed by atoms with Crippen molar-refractivity contribution in [3.05, 3.63) is 243 Å². The first-order valence-electron chi connectivity index (χ1n) is 30.4. The van der Waals surface area contributed by atoms with Gasteiger partial charge in [0.15, 0.2) is 0 Å². The molecule has 0 saturated heterocycles. The van der Waals surface area contributed by atoms with E-state index in [1.165, 1.54) is 74.7 Å². The number of allylic oxidation sites excluding steroid dienone is 13. The molecule has 4 nitrogen and oxygen atoms in total. The van der Waals surface area contributed by atoms with Crippen molar-refractivity contribution >= 4 is 18.2 Å². The van der Waals surface area contributed by atoms with Crippen LogP contribution in [0.2, 0.25) is 0 Å². The van der Waals surface area contributed by atoms with Gasteiger partial charge in [0.25, 0.3) is 0 Å².